The SMILES string of the molecule is CC(C)OC(=O)NN(C(=O)OC(C)C)c1c(-c2ccc(-c3ccccc3)cc2)nc2ccccn12. The van der Waals surface area contributed by atoms with E-state index >= 15 is 0 Å². The zero-order valence-corrected chi connectivity index (χ0v) is 20.1. The largest absolute Gasteiger partial charge is 0.446 e. The molecule has 2 aromatic carbocycles. The Morgan fingerprint density at radius 1 is 0.800 bits per heavy atom. The van der Waals surface area contributed by atoms with Gasteiger partial charge in [0, 0.05) is 11.8 Å². The first kappa shape index (κ1) is 23.8. The van der Waals surface area contributed by atoms with Gasteiger partial charge in [-0.3, -0.25) is 4.40 Å². The highest BCUT2D eigenvalue weighted by Crippen LogP contribution is 2.33. The zero-order valence-electron chi connectivity index (χ0n) is 20.1. The van der Waals surface area contributed by atoms with E-state index in [2.05, 4.69) is 5.43 Å². The molecule has 0 saturated heterocycles. The summed E-state index contributed by atoms with van der Waals surface area (Å²) in [4.78, 5) is 30.4. The molecule has 0 aliphatic heterocycles. The normalized spacial score (nSPS) is 11.0. The van der Waals surface area contributed by atoms with Crippen molar-refractivity contribution in [1.29, 1.82) is 0 Å². The summed E-state index contributed by atoms with van der Waals surface area (Å²) in [6.07, 6.45) is -0.540. The number of ether oxygens (including phenoxy) is 2. The van der Waals surface area contributed by atoms with Crippen LogP contribution in [0.3, 0.4) is 0 Å². The molecule has 0 saturated carbocycles. The van der Waals surface area contributed by atoms with E-state index in [-0.39, 0.29) is 6.10 Å². The Bertz CT molecular complexity index is 1310. The average Bonchev–Trinajstić information content (AvgIpc) is 3.21. The third kappa shape index (κ3) is 5.43. The number of pyridine rings is 1. The number of hydrogen-bond donors (Lipinski definition) is 1. The minimum absolute atomic E-state index is 0.333. The highest BCUT2D eigenvalue weighted by molar-refractivity contribution is 5.95. The first-order chi connectivity index (χ1) is 16.8. The number of carbonyl (C=O) groups excluding carboxylic acids is 2. The van der Waals surface area contributed by atoms with E-state index in [9.17, 15) is 9.59 Å². The quantitative estimate of drug-likeness (QED) is 0.356. The summed E-state index contributed by atoms with van der Waals surface area (Å²) in [6.45, 7) is 6.93. The molecule has 4 rings (SSSR count). The summed E-state index contributed by atoms with van der Waals surface area (Å²) in [5, 5.41) is 1.05. The smallest absolute Gasteiger partial charge is 0.435 e. The maximum Gasteiger partial charge on any atom is 0.435 e. The maximum absolute atomic E-state index is 13.1. The molecule has 0 radical (unpaired) electrons. The molecule has 2 amide bonds. The van der Waals surface area contributed by atoms with Gasteiger partial charge in [0.25, 0.3) is 0 Å². The summed E-state index contributed by atoms with van der Waals surface area (Å²) in [5.74, 6) is 0.333. The fourth-order valence-corrected chi connectivity index (χ4v) is 3.61. The van der Waals surface area contributed by atoms with E-state index in [1.807, 2.05) is 72.8 Å². The van der Waals surface area contributed by atoms with Gasteiger partial charge >= 0.3 is 12.2 Å². The molecule has 2 aromatic heterocycles. The van der Waals surface area contributed by atoms with Gasteiger partial charge in [-0.15, -0.1) is 0 Å². The van der Waals surface area contributed by atoms with Crippen LogP contribution in [0.2, 0.25) is 0 Å². The van der Waals surface area contributed by atoms with Gasteiger partial charge in [-0.2, -0.15) is 5.01 Å². The number of aromatic nitrogens is 2. The van der Waals surface area contributed by atoms with Crippen LogP contribution in [0.15, 0.2) is 79.0 Å². The van der Waals surface area contributed by atoms with Gasteiger partial charge in [0.2, 0.25) is 0 Å². The van der Waals surface area contributed by atoms with Crippen LogP contribution < -0.4 is 10.4 Å². The van der Waals surface area contributed by atoms with E-state index in [0.717, 1.165) is 21.7 Å². The van der Waals surface area contributed by atoms with Crippen molar-refractivity contribution in [2.24, 2.45) is 0 Å². The maximum atomic E-state index is 13.1. The van der Waals surface area contributed by atoms with Crippen molar-refractivity contribution in [2.45, 2.75) is 39.9 Å². The highest BCUT2D eigenvalue weighted by Gasteiger charge is 2.29. The molecule has 0 fully saturated rings. The van der Waals surface area contributed by atoms with Crippen LogP contribution in [0.5, 0.6) is 0 Å². The fraction of sp³-hybridized carbons (Fsp3) is 0.222. The van der Waals surface area contributed by atoms with Gasteiger partial charge in [-0.25, -0.2) is 20.0 Å². The lowest BCUT2D eigenvalue weighted by molar-refractivity contribution is 0.103. The monoisotopic (exact) mass is 472 g/mol. The van der Waals surface area contributed by atoms with Crippen LogP contribution in [0.25, 0.3) is 28.0 Å². The molecule has 0 unspecified atom stereocenters. The Morgan fingerprint density at radius 2 is 1.40 bits per heavy atom. The third-order valence-electron chi connectivity index (χ3n) is 5.05. The van der Waals surface area contributed by atoms with Crippen molar-refractivity contribution in [1.82, 2.24) is 14.8 Å². The second-order valence-corrected chi connectivity index (χ2v) is 8.49. The summed E-state index contributed by atoms with van der Waals surface area (Å²) >= 11 is 0. The van der Waals surface area contributed by atoms with E-state index in [4.69, 9.17) is 14.5 Å². The molecule has 2 heterocycles. The average molecular weight is 473 g/mol. The molecular weight excluding hydrogens is 444 g/mol. The van der Waals surface area contributed by atoms with Crippen molar-refractivity contribution >= 4 is 23.7 Å². The Hall–Kier alpha value is -4.33. The predicted molar refractivity (Wildman–Crippen MR) is 135 cm³/mol. The fourth-order valence-electron chi connectivity index (χ4n) is 3.61. The number of nitrogens with one attached hydrogen (secondary N) is 1. The van der Waals surface area contributed by atoms with Crippen molar-refractivity contribution in [3.05, 3.63) is 79.0 Å². The van der Waals surface area contributed by atoms with E-state index < -0.39 is 18.3 Å². The first-order valence-electron chi connectivity index (χ1n) is 11.4. The van der Waals surface area contributed by atoms with Gasteiger partial charge in [-0.1, -0.05) is 60.7 Å². The zero-order chi connectivity index (χ0) is 24.9. The number of nitrogens with zero attached hydrogens (tertiary/aromatic N) is 3. The van der Waals surface area contributed by atoms with Crippen LogP contribution in [-0.4, -0.2) is 33.8 Å². The number of benzene rings is 2. The molecule has 4 aromatic rings. The number of hydrogen-bond acceptors (Lipinski definition) is 5. The lowest BCUT2D eigenvalue weighted by Crippen LogP contribution is -2.48. The summed E-state index contributed by atoms with van der Waals surface area (Å²) in [5.41, 5.74) is 6.55. The van der Waals surface area contributed by atoms with E-state index in [1.165, 1.54) is 0 Å². The molecule has 8 nitrogen and oxygen atoms in total. The van der Waals surface area contributed by atoms with E-state index in [1.54, 1.807) is 38.3 Å². The number of rotatable bonds is 5. The number of anilines is 1. The molecule has 180 valence electrons. The molecule has 0 spiro atoms. The Morgan fingerprint density at radius 3 is 2.06 bits per heavy atom. The molecule has 1 N–H and O–H groups in total. The Balaban J connectivity index is 1.81. The Labute approximate surface area is 204 Å². The van der Waals surface area contributed by atoms with Crippen LogP contribution in [-0.2, 0) is 9.47 Å². The molecule has 0 bridgehead atoms. The molecule has 35 heavy (non-hydrogen) atoms. The second kappa shape index (κ2) is 10.3. The lowest BCUT2D eigenvalue weighted by Gasteiger charge is -2.24. The number of fused-ring (bicyclic) bond motifs is 1. The van der Waals surface area contributed by atoms with Crippen molar-refractivity contribution in [3.63, 3.8) is 0 Å². The van der Waals surface area contributed by atoms with Gasteiger partial charge < -0.3 is 9.47 Å². The van der Waals surface area contributed by atoms with Crippen LogP contribution in [0.1, 0.15) is 27.7 Å². The number of hydrazine groups is 1. The standard InChI is InChI=1S/C27H28N4O4/c1-18(2)34-26(32)29-31(27(33)35-19(3)4)25-24(28-23-12-8-9-17-30(23)25)22-15-13-21(14-16-22)20-10-6-5-7-11-20/h5-19H,1-4H3,(H,29,32). The van der Waals surface area contributed by atoms with Crippen molar-refractivity contribution in [3.8, 4) is 22.4 Å². The second-order valence-electron chi connectivity index (χ2n) is 8.49. The summed E-state index contributed by atoms with van der Waals surface area (Å²) < 4.78 is 12.4. The molecule has 0 atom stereocenters. The van der Waals surface area contributed by atoms with Crippen LogP contribution in [0, 0.1) is 0 Å². The van der Waals surface area contributed by atoms with Crippen LogP contribution >= 0.6 is 0 Å². The topological polar surface area (TPSA) is 85.2 Å². The third-order valence-corrected chi connectivity index (χ3v) is 5.05. The minimum atomic E-state index is -0.781. The van der Waals surface area contributed by atoms with Gasteiger partial charge in [-0.05, 0) is 51.0 Å². The van der Waals surface area contributed by atoms with Crippen LogP contribution in [0.4, 0.5) is 15.4 Å². The molecular formula is C27H28N4O4. The van der Waals surface area contributed by atoms with Gasteiger partial charge in [0.05, 0.1) is 12.2 Å². The molecule has 0 aliphatic rings. The van der Waals surface area contributed by atoms with E-state index in [0.29, 0.717) is 17.2 Å². The predicted octanol–water partition coefficient (Wildman–Crippen LogP) is 6.07. The summed E-state index contributed by atoms with van der Waals surface area (Å²) in [6, 6.07) is 23.4. The summed E-state index contributed by atoms with van der Waals surface area (Å²) in [7, 11) is 0. The van der Waals surface area contributed by atoms with Gasteiger partial charge in [0.15, 0.2) is 5.82 Å². The van der Waals surface area contributed by atoms with Crippen molar-refractivity contribution in [2.75, 3.05) is 5.01 Å². The minimum Gasteiger partial charge on any atom is -0.446 e. The highest BCUT2D eigenvalue weighted by atomic mass is 16.6. The van der Waals surface area contributed by atoms with Gasteiger partial charge in [0.1, 0.15) is 11.3 Å². The lowest BCUT2D eigenvalue weighted by atomic mass is 10.0. The Kier molecular flexibility index (Phi) is 7.01. The van der Waals surface area contributed by atoms with Crippen molar-refractivity contribution < 1.29 is 19.1 Å². The first-order valence-corrected chi connectivity index (χ1v) is 11.4. The number of carbonyl (C=O) groups is 2. The molecule has 0 aliphatic carbocycles. The number of imidazole rings is 1. The molecule has 8 heteroatoms. The number of amides is 2.